The summed E-state index contributed by atoms with van der Waals surface area (Å²) in [6.45, 7) is 7.19. The van der Waals surface area contributed by atoms with Gasteiger partial charge in [0.2, 0.25) is 5.91 Å². The first-order chi connectivity index (χ1) is 12.7. The normalized spacial score (nSPS) is 20.7. The first-order valence-corrected chi connectivity index (χ1v) is 10.0. The van der Waals surface area contributed by atoms with Gasteiger partial charge in [-0.2, -0.15) is 0 Å². The molecule has 1 N–H and O–H groups in total. The number of hydrogen-bond donors (Lipinski definition) is 1. The van der Waals surface area contributed by atoms with Crippen LogP contribution in [0.25, 0.3) is 0 Å². The van der Waals surface area contributed by atoms with E-state index in [0.29, 0.717) is 6.42 Å². The number of hydrogen-bond acceptors (Lipinski definition) is 6. The number of likely N-dealkylation sites (N-methyl/N-ethyl adjacent to an activating group) is 1. The molecule has 1 saturated heterocycles. The zero-order valence-electron chi connectivity index (χ0n) is 15.1. The fourth-order valence-corrected chi connectivity index (χ4v) is 4.40. The topological polar surface area (TPSA) is 51.2 Å². The molecule has 1 fully saturated rings. The molecule has 0 radical (unpaired) electrons. The summed E-state index contributed by atoms with van der Waals surface area (Å²) < 4.78 is 0. The molecule has 4 rings (SSSR count). The van der Waals surface area contributed by atoms with Gasteiger partial charge in [-0.05, 0) is 30.2 Å². The Balaban J connectivity index is 1.27. The van der Waals surface area contributed by atoms with Crippen molar-refractivity contribution in [2.45, 2.75) is 13.0 Å². The first kappa shape index (κ1) is 17.6. The van der Waals surface area contributed by atoms with E-state index in [2.05, 4.69) is 44.2 Å². The lowest BCUT2D eigenvalue weighted by Gasteiger charge is -2.32. The highest BCUT2D eigenvalue weighted by Crippen LogP contribution is 2.31. The van der Waals surface area contributed by atoms with Crippen LogP contribution in [0, 0.1) is 0 Å². The van der Waals surface area contributed by atoms with E-state index in [0.717, 1.165) is 62.4 Å². The maximum absolute atomic E-state index is 12.3. The van der Waals surface area contributed by atoms with Crippen molar-refractivity contribution in [3.63, 3.8) is 0 Å². The van der Waals surface area contributed by atoms with E-state index in [1.165, 1.54) is 5.56 Å². The van der Waals surface area contributed by atoms with Crippen LogP contribution in [0.15, 0.2) is 40.4 Å². The van der Waals surface area contributed by atoms with Crippen LogP contribution < -0.4 is 5.32 Å². The number of carbonyl (C=O) groups is 1. The standard InChI is InChI=1S/C19H25N5OS/c1-22-8-10-23(11-9-22)13-15-2-4-16(5-3-15)21-18(25)12-17-14-26-19-20-6-7-24(17)19/h2-5,14H,6-13H2,1H3,(H,21,25). The second-order valence-electron chi connectivity index (χ2n) is 7.04. The van der Waals surface area contributed by atoms with Crippen molar-refractivity contribution in [3.8, 4) is 0 Å². The Bertz CT molecular complexity index is 722. The smallest absolute Gasteiger partial charge is 0.230 e. The van der Waals surface area contributed by atoms with Crippen molar-refractivity contribution >= 4 is 28.5 Å². The van der Waals surface area contributed by atoms with E-state index in [9.17, 15) is 4.79 Å². The molecule has 138 valence electrons. The van der Waals surface area contributed by atoms with Crippen molar-refractivity contribution in [1.82, 2.24) is 14.7 Å². The zero-order valence-corrected chi connectivity index (χ0v) is 16.0. The van der Waals surface area contributed by atoms with Gasteiger partial charge in [0.25, 0.3) is 0 Å². The number of rotatable bonds is 5. The Hall–Kier alpha value is -1.83. The maximum Gasteiger partial charge on any atom is 0.230 e. The Labute approximate surface area is 158 Å². The molecular formula is C19H25N5OS. The van der Waals surface area contributed by atoms with Gasteiger partial charge in [-0.3, -0.25) is 14.7 Å². The molecule has 1 amide bonds. The van der Waals surface area contributed by atoms with Crippen LogP contribution >= 0.6 is 11.8 Å². The van der Waals surface area contributed by atoms with Crippen molar-refractivity contribution in [2.24, 2.45) is 4.99 Å². The lowest BCUT2D eigenvalue weighted by atomic mass is 10.1. The number of fused-ring (bicyclic) bond motifs is 1. The highest BCUT2D eigenvalue weighted by molar-refractivity contribution is 8.16. The van der Waals surface area contributed by atoms with Crippen LogP contribution in [0.2, 0.25) is 0 Å². The number of nitrogens with one attached hydrogen (secondary N) is 1. The minimum absolute atomic E-state index is 0.0248. The number of aliphatic imine (C=N–C) groups is 1. The van der Waals surface area contributed by atoms with Crippen LogP contribution in [0.4, 0.5) is 5.69 Å². The van der Waals surface area contributed by atoms with Crippen LogP contribution in [0.1, 0.15) is 12.0 Å². The number of carbonyl (C=O) groups excluding carboxylic acids is 1. The average Bonchev–Trinajstić information content (AvgIpc) is 3.24. The Morgan fingerprint density at radius 1 is 1.15 bits per heavy atom. The fourth-order valence-electron chi connectivity index (χ4n) is 3.44. The van der Waals surface area contributed by atoms with Gasteiger partial charge in [-0.1, -0.05) is 23.9 Å². The number of amidine groups is 1. The average molecular weight is 372 g/mol. The first-order valence-electron chi connectivity index (χ1n) is 9.15. The minimum atomic E-state index is 0.0248. The highest BCUT2D eigenvalue weighted by atomic mass is 32.2. The number of thioether (sulfide) groups is 1. The molecule has 0 aliphatic carbocycles. The molecule has 1 aromatic carbocycles. The molecular weight excluding hydrogens is 346 g/mol. The van der Waals surface area contributed by atoms with Gasteiger partial charge in [-0.25, -0.2) is 0 Å². The van der Waals surface area contributed by atoms with Gasteiger partial charge in [0.1, 0.15) is 0 Å². The van der Waals surface area contributed by atoms with Gasteiger partial charge in [0.05, 0.1) is 13.0 Å². The number of amides is 1. The van der Waals surface area contributed by atoms with Gasteiger partial charge < -0.3 is 15.1 Å². The van der Waals surface area contributed by atoms with E-state index in [1.54, 1.807) is 11.8 Å². The largest absolute Gasteiger partial charge is 0.326 e. The van der Waals surface area contributed by atoms with Crippen LogP contribution in [0.3, 0.4) is 0 Å². The number of piperazine rings is 1. The molecule has 1 aromatic rings. The summed E-state index contributed by atoms with van der Waals surface area (Å²) in [5.74, 6) is 0.0248. The lowest BCUT2D eigenvalue weighted by molar-refractivity contribution is -0.115. The van der Waals surface area contributed by atoms with Crippen molar-refractivity contribution in [3.05, 3.63) is 40.9 Å². The fraction of sp³-hybridized carbons (Fsp3) is 0.474. The molecule has 0 atom stereocenters. The Morgan fingerprint density at radius 3 is 2.69 bits per heavy atom. The lowest BCUT2D eigenvalue weighted by Crippen LogP contribution is -2.43. The molecule has 6 nitrogen and oxygen atoms in total. The summed E-state index contributed by atoms with van der Waals surface area (Å²) in [7, 11) is 2.17. The molecule has 3 aliphatic heterocycles. The third-order valence-corrected chi connectivity index (χ3v) is 5.98. The quantitative estimate of drug-likeness (QED) is 0.858. The van der Waals surface area contributed by atoms with E-state index in [4.69, 9.17) is 0 Å². The molecule has 7 heteroatoms. The molecule has 3 heterocycles. The van der Waals surface area contributed by atoms with Crippen LogP contribution in [-0.2, 0) is 11.3 Å². The SMILES string of the molecule is CN1CCN(Cc2ccc(NC(=O)CC3=CSC4=NCCN34)cc2)CC1. The van der Waals surface area contributed by atoms with Crippen molar-refractivity contribution in [1.29, 1.82) is 0 Å². The van der Waals surface area contributed by atoms with E-state index < -0.39 is 0 Å². The van der Waals surface area contributed by atoms with Crippen molar-refractivity contribution in [2.75, 3.05) is 51.6 Å². The number of nitrogens with zero attached hydrogens (tertiary/aromatic N) is 4. The summed E-state index contributed by atoms with van der Waals surface area (Å²) in [5, 5.41) is 6.08. The van der Waals surface area contributed by atoms with Gasteiger partial charge >= 0.3 is 0 Å². The third kappa shape index (κ3) is 4.11. The van der Waals surface area contributed by atoms with E-state index in [-0.39, 0.29) is 5.91 Å². The summed E-state index contributed by atoms with van der Waals surface area (Å²) in [6.07, 6.45) is 0.398. The Morgan fingerprint density at radius 2 is 1.92 bits per heavy atom. The minimum Gasteiger partial charge on any atom is -0.326 e. The molecule has 0 unspecified atom stereocenters. The van der Waals surface area contributed by atoms with Gasteiger partial charge in [0, 0.05) is 50.7 Å². The van der Waals surface area contributed by atoms with E-state index >= 15 is 0 Å². The van der Waals surface area contributed by atoms with Crippen molar-refractivity contribution < 1.29 is 4.79 Å². The molecule has 0 aromatic heterocycles. The van der Waals surface area contributed by atoms with Crippen LogP contribution in [0.5, 0.6) is 0 Å². The summed E-state index contributed by atoms with van der Waals surface area (Å²) >= 11 is 1.61. The molecule has 0 spiro atoms. The molecule has 0 saturated carbocycles. The second kappa shape index (κ2) is 7.82. The third-order valence-electron chi connectivity index (χ3n) is 5.03. The molecule has 26 heavy (non-hydrogen) atoms. The number of anilines is 1. The monoisotopic (exact) mass is 371 g/mol. The van der Waals surface area contributed by atoms with Gasteiger partial charge in [0.15, 0.2) is 5.17 Å². The second-order valence-corrected chi connectivity index (χ2v) is 7.88. The Kier molecular flexibility index (Phi) is 5.28. The summed E-state index contributed by atoms with van der Waals surface area (Å²) in [5.41, 5.74) is 3.20. The maximum atomic E-state index is 12.3. The van der Waals surface area contributed by atoms with Gasteiger partial charge in [-0.15, -0.1) is 0 Å². The predicted octanol–water partition coefficient (Wildman–Crippen LogP) is 2.02. The summed E-state index contributed by atoms with van der Waals surface area (Å²) in [4.78, 5) is 23.8. The molecule has 3 aliphatic rings. The number of benzene rings is 1. The predicted molar refractivity (Wildman–Crippen MR) is 107 cm³/mol. The molecule has 0 bridgehead atoms. The van der Waals surface area contributed by atoms with E-state index in [1.807, 2.05) is 17.5 Å². The van der Waals surface area contributed by atoms with Crippen LogP contribution in [-0.4, -0.2) is 72.1 Å². The summed E-state index contributed by atoms with van der Waals surface area (Å²) in [6, 6.07) is 8.24. The highest BCUT2D eigenvalue weighted by Gasteiger charge is 2.27. The zero-order chi connectivity index (χ0) is 17.9.